The molecule has 0 aromatic rings. The number of rotatable bonds is 0. The number of hydrogen-bond acceptors (Lipinski definition) is 3. The molecule has 24 heavy (non-hydrogen) atoms. The van der Waals surface area contributed by atoms with Crippen molar-refractivity contribution in [3.63, 3.8) is 0 Å². The van der Waals surface area contributed by atoms with Gasteiger partial charge in [0, 0.05) is 29.6 Å². The molecule has 4 unspecified atom stereocenters. The highest BCUT2D eigenvalue weighted by Crippen LogP contribution is 2.68. The van der Waals surface area contributed by atoms with Gasteiger partial charge in [-0.2, -0.15) is 0 Å². The smallest absolute Gasteiger partial charge is 0.180 e. The molecule has 132 valence electrons. The van der Waals surface area contributed by atoms with Crippen LogP contribution in [0.3, 0.4) is 0 Å². The van der Waals surface area contributed by atoms with Gasteiger partial charge in [0.15, 0.2) is 17.2 Å². The molecule has 4 aliphatic carbocycles. The second-order valence-corrected chi connectivity index (χ2v) is 9.26. The van der Waals surface area contributed by atoms with E-state index in [9.17, 15) is 14.7 Å². The molecule has 4 heteroatoms. The fraction of sp³-hybridized carbons (Fsp3) is 0.800. The Labute approximate surface area is 142 Å². The molecule has 0 bridgehead atoms. The Morgan fingerprint density at radius 1 is 1.08 bits per heavy atom. The van der Waals surface area contributed by atoms with Crippen LogP contribution in [0, 0.1) is 22.7 Å². The predicted molar refractivity (Wildman–Crippen MR) is 88.1 cm³/mol. The van der Waals surface area contributed by atoms with Gasteiger partial charge in [0.1, 0.15) is 0 Å². The van der Waals surface area contributed by atoms with Crippen molar-refractivity contribution in [3.05, 3.63) is 11.6 Å². The minimum atomic E-state index is -1.89. The lowest BCUT2D eigenvalue weighted by molar-refractivity contribution is -0.184. The summed E-state index contributed by atoms with van der Waals surface area (Å²) in [6.07, 6.45) is 5.17. The van der Waals surface area contributed by atoms with Crippen molar-refractivity contribution in [1.82, 2.24) is 0 Å². The zero-order valence-electron chi connectivity index (χ0n) is 14.8. The topological polar surface area (TPSA) is 54.4 Å². The number of hydrogen-bond donors (Lipinski definition) is 1. The molecular weight excluding hydrogens is 307 g/mol. The highest BCUT2D eigenvalue weighted by Gasteiger charge is 2.72. The summed E-state index contributed by atoms with van der Waals surface area (Å²) in [5.41, 5.74) is -3.35. The van der Waals surface area contributed by atoms with Gasteiger partial charge in [0.05, 0.1) is 5.60 Å². The molecule has 3 fully saturated rings. The van der Waals surface area contributed by atoms with Crippen LogP contribution in [0.1, 0.15) is 65.7 Å². The van der Waals surface area contributed by atoms with Crippen LogP contribution in [0.4, 0.5) is 4.39 Å². The monoisotopic (exact) mass is 334 g/mol. The van der Waals surface area contributed by atoms with E-state index in [1.54, 1.807) is 13.0 Å². The van der Waals surface area contributed by atoms with E-state index in [0.717, 1.165) is 12.0 Å². The Morgan fingerprint density at radius 2 is 1.79 bits per heavy atom. The van der Waals surface area contributed by atoms with Gasteiger partial charge in [0.25, 0.3) is 0 Å². The average Bonchev–Trinajstić information content (AvgIpc) is 2.72. The van der Waals surface area contributed by atoms with Gasteiger partial charge in [0.2, 0.25) is 0 Å². The minimum absolute atomic E-state index is 0.0335. The quantitative estimate of drug-likeness (QED) is 0.737. The summed E-state index contributed by atoms with van der Waals surface area (Å²) < 4.78 is 16.5. The average molecular weight is 334 g/mol. The lowest BCUT2D eigenvalue weighted by atomic mass is 9.44. The third kappa shape index (κ3) is 1.66. The largest absolute Gasteiger partial charge is 0.390 e. The molecule has 3 nitrogen and oxygen atoms in total. The van der Waals surface area contributed by atoms with Crippen LogP contribution in [0.15, 0.2) is 11.6 Å². The van der Waals surface area contributed by atoms with Gasteiger partial charge in [-0.3, -0.25) is 9.59 Å². The fourth-order valence-electron chi connectivity index (χ4n) is 6.50. The summed E-state index contributed by atoms with van der Waals surface area (Å²) in [6, 6.07) is 0. The standard InChI is InChI=1S/C20H27FO3/c1-17-8-6-13(22)10-12(17)4-5-15-14-7-9-19(3,24)18(14,2)11-16(23)20(15,17)21/h10,14-15,24H,4-9,11H2,1-3H3/t14?,15?,17?,18?,19-,20-/m1/s1. The maximum absolute atomic E-state index is 16.5. The SMILES string of the molecule is CC12CC(=O)[C@]3(F)C(CCC4=CC(=O)CCC43C)C1CC[C@@]2(C)O. The van der Waals surface area contributed by atoms with E-state index < -0.39 is 22.1 Å². The summed E-state index contributed by atoms with van der Waals surface area (Å²) >= 11 is 0. The lowest BCUT2D eigenvalue weighted by Crippen LogP contribution is -2.66. The second-order valence-electron chi connectivity index (χ2n) is 9.26. The van der Waals surface area contributed by atoms with E-state index in [0.29, 0.717) is 32.1 Å². The summed E-state index contributed by atoms with van der Waals surface area (Å²) in [7, 11) is 0. The second kappa shape index (κ2) is 4.57. The normalized spacial score (nSPS) is 54.0. The molecule has 6 atom stereocenters. The number of carbonyl (C=O) groups excluding carboxylic acids is 2. The number of fused-ring (bicyclic) bond motifs is 5. The first-order chi connectivity index (χ1) is 11.1. The number of ketones is 2. The third-order valence-electron chi connectivity index (χ3n) is 8.36. The molecular formula is C20H27FO3. The lowest BCUT2D eigenvalue weighted by Gasteiger charge is -2.60. The molecule has 0 aromatic carbocycles. The van der Waals surface area contributed by atoms with Crippen molar-refractivity contribution in [2.24, 2.45) is 22.7 Å². The summed E-state index contributed by atoms with van der Waals surface area (Å²) in [6.45, 7) is 5.63. The Morgan fingerprint density at radius 3 is 2.50 bits per heavy atom. The maximum atomic E-state index is 16.5. The van der Waals surface area contributed by atoms with Gasteiger partial charge < -0.3 is 5.11 Å². The van der Waals surface area contributed by atoms with Crippen molar-refractivity contribution in [2.75, 3.05) is 0 Å². The van der Waals surface area contributed by atoms with Crippen LogP contribution in [-0.2, 0) is 9.59 Å². The first-order valence-corrected chi connectivity index (χ1v) is 9.25. The Balaban J connectivity index is 1.84. The van der Waals surface area contributed by atoms with E-state index in [1.807, 2.05) is 13.8 Å². The first kappa shape index (κ1) is 16.4. The molecule has 3 saturated carbocycles. The fourth-order valence-corrected chi connectivity index (χ4v) is 6.50. The van der Waals surface area contributed by atoms with Crippen LogP contribution in [0.2, 0.25) is 0 Å². The predicted octanol–water partition coefficient (Wildman–Crippen LogP) is 3.54. The van der Waals surface area contributed by atoms with E-state index in [1.165, 1.54) is 0 Å². The van der Waals surface area contributed by atoms with E-state index in [-0.39, 0.29) is 29.8 Å². The number of alkyl halides is 1. The number of carbonyl (C=O) groups is 2. The van der Waals surface area contributed by atoms with Crippen molar-refractivity contribution in [1.29, 1.82) is 0 Å². The maximum Gasteiger partial charge on any atom is 0.180 e. The minimum Gasteiger partial charge on any atom is -0.390 e. The van der Waals surface area contributed by atoms with Crippen molar-refractivity contribution in [2.45, 2.75) is 77.0 Å². The molecule has 0 saturated heterocycles. The first-order valence-electron chi connectivity index (χ1n) is 9.25. The van der Waals surface area contributed by atoms with E-state index >= 15 is 4.39 Å². The van der Waals surface area contributed by atoms with Crippen LogP contribution in [-0.4, -0.2) is 27.9 Å². The molecule has 0 spiro atoms. The molecule has 1 N–H and O–H groups in total. The van der Waals surface area contributed by atoms with Gasteiger partial charge >= 0.3 is 0 Å². The van der Waals surface area contributed by atoms with Gasteiger partial charge in [-0.25, -0.2) is 4.39 Å². The number of allylic oxidation sites excluding steroid dienone is 1. The molecule has 0 heterocycles. The summed E-state index contributed by atoms with van der Waals surface area (Å²) in [5, 5.41) is 10.8. The van der Waals surface area contributed by atoms with Crippen LogP contribution in [0.25, 0.3) is 0 Å². The highest BCUT2D eigenvalue weighted by atomic mass is 19.1. The van der Waals surface area contributed by atoms with Crippen molar-refractivity contribution in [3.8, 4) is 0 Å². The van der Waals surface area contributed by atoms with E-state index in [4.69, 9.17) is 0 Å². The van der Waals surface area contributed by atoms with Crippen molar-refractivity contribution < 1.29 is 19.1 Å². The molecule has 0 amide bonds. The highest BCUT2D eigenvalue weighted by molar-refractivity contribution is 5.95. The Bertz CT molecular complexity index is 666. The Hall–Kier alpha value is -1.03. The summed E-state index contributed by atoms with van der Waals surface area (Å²) in [5.74, 6) is -0.600. The molecule has 4 rings (SSSR count). The molecule has 0 radical (unpaired) electrons. The van der Waals surface area contributed by atoms with Gasteiger partial charge in [-0.15, -0.1) is 0 Å². The van der Waals surface area contributed by atoms with Crippen LogP contribution in [0.5, 0.6) is 0 Å². The van der Waals surface area contributed by atoms with Crippen LogP contribution < -0.4 is 0 Å². The molecule has 4 aliphatic rings. The van der Waals surface area contributed by atoms with Gasteiger partial charge in [-0.05, 0) is 51.0 Å². The Kier molecular flexibility index (Phi) is 3.13. The van der Waals surface area contributed by atoms with Crippen LogP contribution >= 0.6 is 0 Å². The zero-order chi connectivity index (χ0) is 17.5. The van der Waals surface area contributed by atoms with E-state index in [2.05, 4.69) is 0 Å². The third-order valence-corrected chi connectivity index (χ3v) is 8.36. The van der Waals surface area contributed by atoms with Crippen molar-refractivity contribution >= 4 is 11.6 Å². The number of halogens is 1. The molecule has 0 aliphatic heterocycles. The number of aliphatic hydroxyl groups is 1. The summed E-state index contributed by atoms with van der Waals surface area (Å²) in [4.78, 5) is 24.9. The van der Waals surface area contributed by atoms with Gasteiger partial charge in [-0.1, -0.05) is 19.4 Å². The zero-order valence-corrected chi connectivity index (χ0v) is 14.8. The number of Topliss-reactive ketones (excluding diaryl/α,β-unsaturated/α-hetero) is 1. The molecule has 0 aromatic heterocycles.